The zero-order valence-corrected chi connectivity index (χ0v) is 29.7. The summed E-state index contributed by atoms with van der Waals surface area (Å²) in [6.45, 7) is 8.76. The summed E-state index contributed by atoms with van der Waals surface area (Å²) in [4.78, 5) is 14.7. The number of hydrogen-bond acceptors (Lipinski definition) is 4. The Balaban J connectivity index is 0.00000348. The number of aromatic nitrogens is 5. The number of imidazole rings is 1. The molecule has 0 aliphatic rings. The first kappa shape index (κ1) is 31.0. The Morgan fingerprint density at radius 3 is 2.31 bits per heavy atom. The Morgan fingerprint density at radius 1 is 0.714 bits per heavy atom. The topological polar surface area (TPSA) is 57.2 Å². The second kappa shape index (κ2) is 11.7. The van der Waals surface area contributed by atoms with E-state index in [-0.39, 0.29) is 26.5 Å². The van der Waals surface area contributed by atoms with Crippen LogP contribution >= 0.6 is 0 Å². The van der Waals surface area contributed by atoms with Crippen LogP contribution in [0.25, 0.3) is 66.3 Å². The van der Waals surface area contributed by atoms with Gasteiger partial charge in [0.2, 0.25) is 0 Å². The summed E-state index contributed by atoms with van der Waals surface area (Å²) in [7, 11) is 0. The third kappa shape index (κ3) is 5.10. The molecular weight excluding hydrogens is 786 g/mol. The SMILES string of the molecule is Cc1ccccc1-c1cn2c3cccnc3c3ccc(Oc4[c-]c5c(cc4)c4ccccc4n5-c4cc(C(C)(C)C)ccn4)[c-]c3c2n1.[Pt+2]. The zero-order valence-electron chi connectivity index (χ0n) is 27.4. The Kier molecular flexibility index (Phi) is 7.38. The van der Waals surface area contributed by atoms with Crippen LogP contribution in [0.2, 0.25) is 0 Å². The van der Waals surface area contributed by atoms with Crippen LogP contribution in [0.3, 0.4) is 0 Å². The van der Waals surface area contributed by atoms with Crippen LogP contribution < -0.4 is 4.74 Å². The van der Waals surface area contributed by atoms with Crippen LogP contribution in [0.15, 0.2) is 116 Å². The van der Waals surface area contributed by atoms with E-state index in [1.807, 2.05) is 42.7 Å². The third-order valence-corrected chi connectivity index (χ3v) is 9.19. The van der Waals surface area contributed by atoms with E-state index in [1.165, 1.54) is 11.1 Å². The van der Waals surface area contributed by atoms with Gasteiger partial charge in [-0.1, -0.05) is 91.7 Å². The first-order chi connectivity index (χ1) is 23.3. The van der Waals surface area contributed by atoms with Crippen LogP contribution in [0.4, 0.5) is 0 Å². The minimum atomic E-state index is -0.0117. The van der Waals surface area contributed by atoms with Crippen molar-refractivity contribution in [3.8, 4) is 28.6 Å². The minimum absolute atomic E-state index is 0. The van der Waals surface area contributed by atoms with Crippen LogP contribution in [0.5, 0.6) is 11.5 Å². The van der Waals surface area contributed by atoms with Crippen molar-refractivity contribution < 1.29 is 25.8 Å². The average molecular weight is 817 g/mol. The average Bonchev–Trinajstić information content (AvgIpc) is 3.68. The van der Waals surface area contributed by atoms with Crippen molar-refractivity contribution in [2.75, 3.05) is 0 Å². The molecule has 0 saturated heterocycles. The monoisotopic (exact) mass is 816 g/mol. The quantitative estimate of drug-likeness (QED) is 0.131. The van der Waals surface area contributed by atoms with Crippen molar-refractivity contribution in [1.29, 1.82) is 0 Å². The molecular formula is C42H31N5OPt. The van der Waals surface area contributed by atoms with Gasteiger partial charge in [0.05, 0.1) is 22.4 Å². The maximum absolute atomic E-state index is 6.53. The molecule has 5 heterocycles. The van der Waals surface area contributed by atoms with Crippen LogP contribution in [-0.4, -0.2) is 23.9 Å². The molecule has 0 unspecified atom stereocenters. The summed E-state index contributed by atoms with van der Waals surface area (Å²) in [6, 6.07) is 40.2. The summed E-state index contributed by atoms with van der Waals surface area (Å²) in [5.74, 6) is 2.02. The predicted octanol–water partition coefficient (Wildman–Crippen LogP) is 10.2. The van der Waals surface area contributed by atoms with E-state index in [2.05, 4.69) is 122 Å². The van der Waals surface area contributed by atoms with Gasteiger partial charge in [-0.05, 0) is 59.2 Å². The minimum Gasteiger partial charge on any atom is -0.503 e. The molecule has 0 amide bonds. The molecule has 7 heteroatoms. The van der Waals surface area contributed by atoms with Crippen LogP contribution in [-0.2, 0) is 26.5 Å². The van der Waals surface area contributed by atoms with E-state index in [9.17, 15) is 0 Å². The Morgan fingerprint density at radius 2 is 1.47 bits per heavy atom. The van der Waals surface area contributed by atoms with Crippen molar-refractivity contribution >= 4 is 49.3 Å². The Labute approximate surface area is 298 Å². The number of aryl methyl sites for hydroxylation is 1. The van der Waals surface area contributed by atoms with Gasteiger partial charge in [-0.3, -0.25) is 9.97 Å². The number of nitrogens with zero attached hydrogens (tertiary/aromatic N) is 5. The molecule has 0 spiro atoms. The van der Waals surface area contributed by atoms with Gasteiger partial charge < -0.3 is 13.7 Å². The summed E-state index contributed by atoms with van der Waals surface area (Å²) in [6.07, 6.45) is 5.80. The maximum Gasteiger partial charge on any atom is 2.00 e. The van der Waals surface area contributed by atoms with Crippen molar-refractivity contribution in [2.24, 2.45) is 0 Å². The standard InChI is InChI=1S/C42H31N5O.Pt/c1-26-10-5-6-11-30(26)35-25-46-37-14-9-20-44-40(37)33-18-16-28(23-34(33)41(46)45-35)48-29-15-17-32-31-12-7-8-13-36(31)47(38(32)24-29)39-22-27(19-21-43-39)42(2,3)4;/h5-22,25H,1-4H3;/q-2;+2. The molecule has 0 aliphatic carbocycles. The number of rotatable bonds is 4. The molecule has 0 saturated carbocycles. The zero-order chi connectivity index (χ0) is 32.6. The van der Waals surface area contributed by atoms with Gasteiger partial charge in [0.1, 0.15) is 5.82 Å². The van der Waals surface area contributed by atoms with Gasteiger partial charge in [0.15, 0.2) is 0 Å². The fraction of sp³-hybridized carbons (Fsp3) is 0.119. The first-order valence-electron chi connectivity index (χ1n) is 16.1. The van der Waals surface area contributed by atoms with E-state index in [0.717, 1.165) is 66.3 Å². The smallest absolute Gasteiger partial charge is 0.503 e. The molecule has 0 atom stereocenters. The fourth-order valence-corrected chi connectivity index (χ4v) is 6.73. The number of fused-ring (bicyclic) bond motifs is 9. The number of para-hydroxylation sites is 1. The van der Waals surface area contributed by atoms with Crippen molar-refractivity contribution in [3.05, 3.63) is 139 Å². The van der Waals surface area contributed by atoms with Crippen molar-refractivity contribution in [2.45, 2.75) is 33.1 Å². The molecule has 0 aliphatic heterocycles. The molecule has 0 bridgehead atoms. The van der Waals surface area contributed by atoms with Crippen molar-refractivity contribution in [3.63, 3.8) is 0 Å². The van der Waals surface area contributed by atoms with Gasteiger partial charge >= 0.3 is 21.1 Å². The molecule has 4 aromatic carbocycles. The van der Waals surface area contributed by atoms with Gasteiger partial charge in [-0.15, -0.1) is 23.6 Å². The molecule has 6 nitrogen and oxygen atoms in total. The van der Waals surface area contributed by atoms with E-state index in [1.54, 1.807) is 0 Å². The van der Waals surface area contributed by atoms with Gasteiger partial charge in [-0.25, -0.2) is 4.98 Å². The molecule has 9 rings (SSSR count). The summed E-state index contributed by atoms with van der Waals surface area (Å²) in [5.41, 5.74) is 9.04. The fourth-order valence-electron chi connectivity index (χ4n) is 6.73. The summed E-state index contributed by atoms with van der Waals surface area (Å²) < 4.78 is 10.8. The van der Waals surface area contributed by atoms with Gasteiger partial charge in [0, 0.05) is 41.2 Å². The van der Waals surface area contributed by atoms with E-state index >= 15 is 0 Å². The maximum atomic E-state index is 6.53. The Hall–Kier alpha value is -5.32. The second-order valence-electron chi connectivity index (χ2n) is 13.3. The molecule has 5 aromatic heterocycles. The number of ether oxygens (including phenoxy) is 1. The van der Waals surface area contributed by atoms with Crippen LogP contribution in [0.1, 0.15) is 31.9 Å². The van der Waals surface area contributed by atoms with Gasteiger partial charge in [-0.2, -0.15) is 6.07 Å². The number of benzene rings is 4. The van der Waals surface area contributed by atoms with E-state index in [4.69, 9.17) is 19.7 Å². The Bertz CT molecular complexity index is 2720. The van der Waals surface area contributed by atoms with Gasteiger partial charge in [0.25, 0.3) is 0 Å². The molecule has 240 valence electrons. The first-order valence-corrected chi connectivity index (χ1v) is 16.1. The third-order valence-electron chi connectivity index (χ3n) is 9.19. The normalized spacial score (nSPS) is 11.9. The summed E-state index contributed by atoms with van der Waals surface area (Å²) >= 11 is 0. The van der Waals surface area contributed by atoms with E-state index < -0.39 is 0 Å². The number of pyridine rings is 3. The van der Waals surface area contributed by atoms with E-state index in [0.29, 0.717) is 11.5 Å². The molecule has 0 radical (unpaired) electrons. The molecule has 9 aromatic rings. The van der Waals surface area contributed by atoms with Crippen molar-refractivity contribution in [1.82, 2.24) is 23.9 Å². The molecule has 0 fully saturated rings. The molecule has 49 heavy (non-hydrogen) atoms. The molecule has 0 N–H and O–H groups in total. The number of hydrogen-bond donors (Lipinski definition) is 0. The van der Waals surface area contributed by atoms with Crippen LogP contribution in [0, 0.1) is 19.1 Å². The predicted molar refractivity (Wildman–Crippen MR) is 193 cm³/mol. The second-order valence-corrected chi connectivity index (χ2v) is 13.3. The summed E-state index contributed by atoms with van der Waals surface area (Å²) in [5, 5.41) is 4.04. The largest absolute Gasteiger partial charge is 2.00 e.